The fourth-order valence-corrected chi connectivity index (χ4v) is 8.54. The molecular weight excluding hydrogens is 875 g/mol. The third kappa shape index (κ3) is 8.37. The van der Waals surface area contributed by atoms with Gasteiger partial charge in [-0.1, -0.05) is 42.5 Å². The van der Waals surface area contributed by atoms with Gasteiger partial charge in [0.15, 0.2) is 5.75 Å². The molecule has 8 aromatic carbocycles. The van der Waals surface area contributed by atoms with E-state index in [0.29, 0.717) is 39.5 Å². The maximum atomic E-state index is 12.2. The van der Waals surface area contributed by atoms with Gasteiger partial charge in [0.05, 0.1) is 39.9 Å². The van der Waals surface area contributed by atoms with E-state index >= 15 is 0 Å². The smallest absolute Gasteiger partial charge is 0.295 e. The molecule has 0 radical (unpaired) electrons. The second kappa shape index (κ2) is 16.3. The predicted molar refractivity (Wildman–Crippen MR) is 242 cm³/mol. The van der Waals surface area contributed by atoms with Crippen LogP contribution in [-0.4, -0.2) is 56.3 Å². The van der Waals surface area contributed by atoms with Crippen molar-refractivity contribution in [3.05, 3.63) is 138 Å². The average Bonchev–Trinajstić information content (AvgIpc) is 3.73. The van der Waals surface area contributed by atoms with Gasteiger partial charge in [-0.25, -0.2) is 0 Å². The number of hydrogen-bond donors (Lipinski definition) is 5. The Morgan fingerprint density at radius 3 is 1.94 bits per heavy atom. The van der Waals surface area contributed by atoms with Crippen molar-refractivity contribution >= 4 is 97.7 Å². The van der Waals surface area contributed by atoms with Gasteiger partial charge in [0.1, 0.15) is 33.1 Å². The van der Waals surface area contributed by atoms with Gasteiger partial charge in [-0.05, 0) is 114 Å². The molecule has 0 spiro atoms. The first-order chi connectivity index (χ1) is 31.0. The SMILES string of the molecule is Cc1cc(N=Nc2cc(O)c(N=Nc3ccc4cc(-n5nc6ccc7c(S(=O)(=O)O)cc(S(=O)(=O)O)cc7c6n5)ccc4c3O)cc2CO)c(C)cc1N=Nc1ccc2ccccc2c1. The predicted octanol–water partition coefficient (Wildman–Crippen LogP) is 11.1. The number of azo groups is 3. The van der Waals surface area contributed by atoms with Crippen LogP contribution in [0.15, 0.2) is 162 Å². The minimum absolute atomic E-state index is 0.00670. The van der Waals surface area contributed by atoms with E-state index in [0.717, 1.165) is 33.7 Å². The number of aromatic nitrogens is 3. The third-order valence-corrected chi connectivity index (χ3v) is 12.3. The highest BCUT2D eigenvalue weighted by molar-refractivity contribution is 7.86. The number of aliphatic hydroxyl groups excluding tert-OH is 1. The molecule has 9 rings (SSSR count). The van der Waals surface area contributed by atoms with E-state index in [-0.39, 0.29) is 50.4 Å². The van der Waals surface area contributed by atoms with Crippen molar-refractivity contribution < 1.29 is 41.3 Å². The standard InChI is InChI=1S/C45H33N9O9S2/c1-24-16-39(25(2)15-38(24)48-46-30-9-7-26-5-3-4-6-27(26)17-30)49-50-40-22-42(56)41(19-29(40)23-55)51-47-37-13-8-28-18-31(10-11-33(28)45(37)57)54-52-36-14-12-34-35(44(36)53-54)20-32(64(58,59)60)21-43(34)65(61,62)63/h3-22,55-57H,23H2,1-2H3,(H,58,59,60)(H,61,62,63). The van der Waals surface area contributed by atoms with E-state index in [2.05, 4.69) is 40.9 Å². The Hall–Kier alpha value is -7.88. The summed E-state index contributed by atoms with van der Waals surface area (Å²) in [7, 11) is -9.79. The molecule has 0 aliphatic heterocycles. The Morgan fingerprint density at radius 2 is 1.22 bits per heavy atom. The van der Waals surface area contributed by atoms with Gasteiger partial charge < -0.3 is 15.3 Å². The summed E-state index contributed by atoms with van der Waals surface area (Å²) in [6.07, 6.45) is 0. The highest BCUT2D eigenvalue weighted by Crippen LogP contribution is 2.41. The lowest BCUT2D eigenvalue weighted by Crippen LogP contribution is -2.04. The maximum absolute atomic E-state index is 12.2. The molecular formula is C45H33N9O9S2. The second-order valence-electron chi connectivity index (χ2n) is 14.9. The average molecular weight is 908 g/mol. The quantitative estimate of drug-likeness (QED) is 0.0635. The molecule has 18 nitrogen and oxygen atoms in total. The van der Waals surface area contributed by atoms with Crippen LogP contribution in [0.2, 0.25) is 0 Å². The number of rotatable bonds is 10. The van der Waals surface area contributed by atoms with Crippen LogP contribution in [0.4, 0.5) is 34.1 Å². The van der Waals surface area contributed by atoms with E-state index in [1.165, 1.54) is 35.1 Å². The van der Waals surface area contributed by atoms with Gasteiger partial charge in [-0.3, -0.25) is 9.11 Å². The van der Waals surface area contributed by atoms with Crippen LogP contribution in [0.25, 0.3) is 49.0 Å². The number of aliphatic hydroxyl groups is 1. The number of benzene rings is 8. The van der Waals surface area contributed by atoms with Crippen molar-refractivity contribution in [1.82, 2.24) is 15.0 Å². The number of aromatic hydroxyl groups is 2. The molecule has 65 heavy (non-hydrogen) atoms. The van der Waals surface area contributed by atoms with E-state index in [4.69, 9.17) is 0 Å². The number of phenols is 2. The Balaban J connectivity index is 0.950. The first-order valence-electron chi connectivity index (χ1n) is 19.4. The molecule has 0 amide bonds. The molecule has 0 unspecified atom stereocenters. The molecule has 324 valence electrons. The number of nitrogens with zero attached hydrogens (tertiary/aromatic N) is 9. The van der Waals surface area contributed by atoms with E-state index < -0.39 is 36.6 Å². The summed E-state index contributed by atoms with van der Waals surface area (Å²) in [5.74, 6) is -0.547. The number of aryl methyl sites for hydroxylation is 2. The highest BCUT2D eigenvalue weighted by atomic mass is 32.2. The topological polar surface area (TPSA) is 274 Å². The molecule has 0 fully saturated rings. The first-order valence-corrected chi connectivity index (χ1v) is 22.3. The van der Waals surface area contributed by atoms with E-state index in [9.17, 15) is 41.3 Å². The molecule has 9 aromatic rings. The summed E-state index contributed by atoms with van der Waals surface area (Å²) < 4.78 is 67.8. The second-order valence-corrected chi connectivity index (χ2v) is 17.7. The van der Waals surface area contributed by atoms with Crippen LogP contribution in [0.1, 0.15) is 16.7 Å². The Kier molecular flexibility index (Phi) is 10.7. The van der Waals surface area contributed by atoms with Crippen molar-refractivity contribution in [2.75, 3.05) is 0 Å². The summed E-state index contributed by atoms with van der Waals surface area (Å²) in [6.45, 7) is 3.29. The molecule has 5 N–H and O–H groups in total. The lowest BCUT2D eigenvalue weighted by molar-refractivity contribution is 0.282. The van der Waals surface area contributed by atoms with Crippen molar-refractivity contribution in [3.63, 3.8) is 0 Å². The van der Waals surface area contributed by atoms with Crippen molar-refractivity contribution in [2.24, 2.45) is 30.7 Å². The van der Waals surface area contributed by atoms with Crippen LogP contribution in [0, 0.1) is 13.8 Å². The van der Waals surface area contributed by atoms with Gasteiger partial charge >= 0.3 is 0 Å². The largest absolute Gasteiger partial charge is 0.506 e. The van der Waals surface area contributed by atoms with Crippen molar-refractivity contribution in [2.45, 2.75) is 30.2 Å². The van der Waals surface area contributed by atoms with Gasteiger partial charge in [-0.2, -0.15) is 42.1 Å². The maximum Gasteiger partial charge on any atom is 0.295 e. The molecule has 0 bridgehead atoms. The number of phenolic OH excluding ortho intramolecular Hbond substituents is 2. The Labute approximate surface area is 368 Å². The summed E-state index contributed by atoms with van der Waals surface area (Å²) in [5, 5.41) is 70.1. The molecule has 0 saturated carbocycles. The Morgan fingerprint density at radius 1 is 0.554 bits per heavy atom. The minimum Gasteiger partial charge on any atom is -0.506 e. The van der Waals surface area contributed by atoms with E-state index in [1.54, 1.807) is 24.3 Å². The lowest BCUT2D eigenvalue weighted by Gasteiger charge is -2.08. The third-order valence-electron chi connectivity index (χ3n) is 10.6. The van der Waals surface area contributed by atoms with Gasteiger partial charge in [0.25, 0.3) is 20.2 Å². The van der Waals surface area contributed by atoms with Crippen LogP contribution in [-0.2, 0) is 26.8 Å². The zero-order valence-electron chi connectivity index (χ0n) is 34.0. The number of fused-ring (bicyclic) bond motifs is 5. The van der Waals surface area contributed by atoms with Gasteiger partial charge in [0, 0.05) is 27.8 Å². The summed E-state index contributed by atoms with van der Waals surface area (Å²) in [4.78, 5) is -0.289. The van der Waals surface area contributed by atoms with E-state index in [1.807, 2.05) is 68.4 Å². The highest BCUT2D eigenvalue weighted by Gasteiger charge is 2.23. The number of hydrogen-bond acceptors (Lipinski definition) is 15. The minimum atomic E-state index is -4.91. The molecule has 0 aliphatic carbocycles. The molecule has 20 heteroatoms. The monoisotopic (exact) mass is 907 g/mol. The van der Waals surface area contributed by atoms with Gasteiger partial charge in [0.2, 0.25) is 0 Å². The molecule has 1 aromatic heterocycles. The van der Waals surface area contributed by atoms with Crippen LogP contribution in [0.5, 0.6) is 11.5 Å². The summed E-state index contributed by atoms with van der Waals surface area (Å²) >= 11 is 0. The zero-order valence-corrected chi connectivity index (χ0v) is 35.6. The molecule has 0 atom stereocenters. The van der Waals surface area contributed by atoms with Crippen molar-refractivity contribution in [1.29, 1.82) is 0 Å². The summed E-state index contributed by atoms with van der Waals surface area (Å²) in [5.41, 5.74) is 4.79. The molecule has 0 saturated heterocycles. The molecule has 1 heterocycles. The van der Waals surface area contributed by atoms with Crippen molar-refractivity contribution in [3.8, 4) is 17.2 Å². The van der Waals surface area contributed by atoms with Gasteiger partial charge in [-0.15, -0.1) is 20.4 Å². The Bertz CT molecular complexity index is 3780. The summed E-state index contributed by atoms with van der Waals surface area (Å²) in [6, 6.07) is 32.7. The first kappa shape index (κ1) is 42.4. The zero-order chi connectivity index (χ0) is 45.8. The fourth-order valence-electron chi connectivity index (χ4n) is 7.20. The van der Waals surface area contributed by atoms with Crippen LogP contribution in [0.3, 0.4) is 0 Å². The molecule has 0 aliphatic rings. The van der Waals surface area contributed by atoms with Crippen LogP contribution < -0.4 is 0 Å². The normalized spacial score (nSPS) is 12.6. The lowest BCUT2D eigenvalue weighted by atomic mass is 10.1. The van der Waals surface area contributed by atoms with Crippen LogP contribution >= 0.6 is 0 Å². The fraction of sp³-hybridized carbons (Fsp3) is 0.0667.